The average molecular weight is 599 g/mol. The van der Waals surface area contributed by atoms with Gasteiger partial charge in [-0.1, -0.05) is 31.0 Å². The number of rotatable bonds is 16. The van der Waals surface area contributed by atoms with Gasteiger partial charge in [0.25, 0.3) is 0 Å². The molecule has 0 aromatic heterocycles. The Morgan fingerprint density at radius 3 is 2.42 bits per heavy atom. The third-order valence-electron chi connectivity index (χ3n) is 8.99. The van der Waals surface area contributed by atoms with Gasteiger partial charge in [0.05, 0.1) is 63.6 Å². The fraction of sp³-hybridized carbons (Fsp3) is 0.647. The summed E-state index contributed by atoms with van der Waals surface area (Å²) in [4.78, 5) is 2.39. The lowest BCUT2D eigenvalue weighted by atomic mass is 9.85. The van der Waals surface area contributed by atoms with Crippen LogP contribution >= 0.6 is 0 Å². The number of methoxy groups -OCH3 is 3. The lowest BCUT2D eigenvalue weighted by Gasteiger charge is -2.40. The van der Waals surface area contributed by atoms with Crippen LogP contribution in [0.15, 0.2) is 42.5 Å². The van der Waals surface area contributed by atoms with Crippen molar-refractivity contribution >= 4 is 5.69 Å². The van der Waals surface area contributed by atoms with Crippen molar-refractivity contribution in [1.29, 1.82) is 0 Å². The van der Waals surface area contributed by atoms with Gasteiger partial charge in [-0.15, -0.1) is 0 Å². The summed E-state index contributed by atoms with van der Waals surface area (Å²) in [5, 5.41) is 3.59. The van der Waals surface area contributed by atoms with E-state index in [4.69, 9.17) is 33.2 Å². The van der Waals surface area contributed by atoms with Crippen LogP contribution in [0.1, 0.15) is 49.1 Å². The molecule has 9 nitrogen and oxygen atoms in total. The largest absolute Gasteiger partial charge is 0.497 e. The monoisotopic (exact) mass is 598 g/mol. The highest BCUT2D eigenvalue weighted by Crippen LogP contribution is 2.38. The normalized spacial score (nSPS) is 23.1. The molecular weight excluding hydrogens is 548 g/mol. The lowest BCUT2D eigenvalue weighted by Crippen LogP contribution is -2.52. The van der Waals surface area contributed by atoms with E-state index >= 15 is 0 Å². The topological polar surface area (TPSA) is 79.9 Å². The van der Waals surface area contributed by atoms with Crippen LogP contribution in [-0.4, -0.2) is 98.4 Å². The Kier molecular flexibility index (Phi) is 12.0. The van der Waals surface area contributed by atoms with Crippen molar-refractivity contribution < 1.29 is 33.2 Å². The summed E-state index contributed by atoms with van der Waals surface area (Å²) in [6.45, 7) is 7.05. The molecule has 0 bridgehead atoms. The summed E-state index contributed by atoms with van der Waals surface area (Å²) in [6.07, 6.45) is 5.25. The number of hydrogen-bond donors (Lipinski definition) is 1. The average Bonchev–Trinajstić information content (AvgIpc) is 3.52. The minimum absolute atomic E-state index is 0.0520. The van der Waals surface area contributed by atoms with Crippen molar-refractivity contribution in [2.24, 2.45) is 0 Å². The fourth-order valence-electron chi connectivity index (χ4n) is 6.64. The lowest BCUT2D eigenvalue weighted by molar-refractivity contribution is -0.135. The predicted molar refractivity (Wildman–Crippen MR) is 167 cm³/mol. The van der Waals surface area contributed by atoms with E-state index in [0.29, 0.717) is 33.0 Å². The second-order valence-corrected chi connectivity index (χ2v) is 11.9. The second kappa shape index (κ2) is 16.1. The minimum Gasteiger partial charge on any atom is -0.497 e. The summed E-state index contributed by atoms with van der Waals surface area (Å²) < 4.78 is 41.8. The SMILES string of the molecule is COCCCN1CCOc2ccc(CO[C@H]3CNCC(OCC4(OCCOC)CCCC4)C3c3ccc(OC)cc3)cc21. The molecule has 0 spiro atoms. The van der Waals surface area contributed by atoms with Gasteiger partial charge >= 0.3 is 0 Å². The molecule has 1 saturated heterocycles. The Morgan fingerprint density at radius 2 is 1.67 bits per heavy atom. The molecular formula is C34H50N2O7. The van der Waals surface area contributed by atoms with Crippen molar-refractivity contribution in [3.05, 3.63) is 53.6 Å². The second-order valence-electron chi connectivity index (χ2n) is 11.9. The first-order valence-corrected chi connectivity index (χ1v) is 15.8. The van der Waals surface area contributed by atoms with Gasteiger partial charge in [-0.25, -0.2) is 0 Å². The maximum Gasteiger partial charge on any atom is 0.142 e. The molecule has 2 aromatic carbocycles. The van der Waals surface area contributed by atoms with E-state index in [0.717, 1.165) is 74.8 Å². The van der Waals surface area contributed by atoms with Crippen molar-refractivity contribution in [2.75, 3.05) is 85.4 Å². The Balaban J connectivity index is 1.30. The molecule has 2 unspecified atom stereocenters. The fourth-order valence-corrected chi connectivity index (χ4v) is 6.64. The Morgan fingerprint density at radius 1 is 0.907 bits per heavy atom. The first kappa shape index (κ1) is 32.0. The van der Waals surface area contributed by atoms with Crippen LogP contribution < -0.4 is 19.7 Å². The highest BCUT2D eigenvalue weighted by molar-refractivity contribution is 5.61. The van der Waals surface area contributed by atoms with Crippen molar-refractivity contribution in [3.8, 4) is 11.5 Å². The highest BCUT2D eigenvalue weighted by Gasteiger charge is 2.40. The Labute approximate surface area is 257 Å². The zero-order valence-electron chi connectivity index (χ0n) is 26.2. The molecule has 3 atom stereocenters. The third-order valence-corrected chi connectivity index (χ3v) is 8.99. The van der Waals surface area contributed by atoms with Crippen LogP contribution in [0, 0.1) is 0 Å². The summed E-state index contributed by atoms with van der Waals surface area (Å²) in [5.74, 6) is 1.84. The van der Waals surface area contributed by atoms with E-state index in [9.17, 15) is 0 Å². The molecule has 2 fully saturated rings. The smallest absolute Gasteiger partial charge is 0.142 e. The van der Waals surface area contributed by atoms with Crippen LogP contribution in [-0.2, 0) is 30.3 Å². The molecule has 1 saturated carbocycles. The quantitative estimate of drug-likeness (QED) is 0.280. The summed E-state index contributed by atoms with van der Waals surface area (Å²) in [7, 11) is 5.16. The van der Waals surface area contributed by atoms with Gasteiger partial charge in [-0.05, 0) is 54.7 Å². The Hall–Kier alpha value is -2.40. The molecule has 9 heteroatoms. The number of ether oxygens (including phenoxy) is 7. The van der Waals surface area contributed by atoms with Crippen LogP contribution in [0.5, 0.6) is 11.5 Å². The molecule has 238 valence electrons. The van der Waals surface area contributed by atoms with Crippen molar-refractivity contribution in [2.45, 2.75) is 62.4 Å². The number of nitrogens with zero attached hydrogens (tertiary/aromatic N) is 1. The van der Waals surface area contributed by atoms with E-state index in [1.807, 2.05) is 12.1 Å². The van der Waals surface area contributed by atoms with Crippen molar-refractivity contribution in [1.82, 2.24) is 5.32 Å². The van der Waals surface area contributed by atoms with E-state index in [1.54, 1.807) is 21.3 Å². The minimum atomic E-state index is -0.239. The maximum absolute atomic E-state index is 6.77. The van der Waals surface area contributed by atoms with Gasteiger partial charge in [-0.2, -0.15) is 0 Å². The molecule has 5 rings (SSSR count). The molecule has 2 heterocycles. The number of piperidine rings is 1. The molecule has 3 aliphatic rings. The van der Waals surface area contributed by atoms with Gasteiger partial charge in [0.2, 0.25) is 0 Å². The maximum atomic E-state index is 6.77. The predicted octanol–water partition coefficient (Wildman–Crippen LogP) is 4.56. The number of benzene rings is 2. The molecule has 0 radical (unpaired) electrons. The number of fused-ring (bicyclic) bond motifs is 1. The van der Waals surface area contributed by atoms with Crippen molar-refractivity contribution in [3.63, 3.8) is 0 Å². The number of hydrogen-bond acceptors (Lipinski definition) is 9. The Bertz CT molecular complexity index is 1110. The third kappa shape index (κ3) is 8.41. The van der Waals surface area contributed by atoms with E-state index in [2.05, 4.69) is 40.5 Å². The van der Waals surface area contributed by atoms with Gasteiger partial charge < -0.3 is 43.4 Å². The first-order chi connectivity index (χ1) is 21.1. The van der Waals surface area contributed by atoms with Crippen LogP contribution in [0.25, 0.3) is 0 Å². The van der Waals surface area contributed by atoms with E-state index in [-0.39, 0.29) is 23.7 Å². The molecule has 43 heavy (non-hydrogen) atoms. The summed E-state index contributed by atoms with van der Waals surface area (Å²) >= 11 is 0. The van der Waals surface area contributed by atoms with Gasteiger partial charge in [0, 0.05) is 46.4 Å². The molecule has 1 N–H and O–H groups in total. The zero-order valence-corrected chi connectivity index (χ0v) is 26.2. The van der Waals surface area contributed by atoms with Crippen LogP contribution in [0.2, 0.25) is 0 Å². The number of anilines is 1. The zero-order chi connectivity index (χ0) is 29.9. The molecule has 2 aromatic rings. The standard InChI is InChI=1S/C34H50N2O7/c1-37-17-6-15-36-16-18-40-30-12-7-26(21-29(30)36)24-41-31-22-35-23-32(33(31)27-8-10-28(39-3)11-9-27)42-25-34(13-4-5-14-34)43-20-19-38-2/h7-12,21,31-33,35H,4-6,13-20,22-25H2,1-3H3/t31-,32?,33?/m0/s1. The summed E-state index contributed by atoms with van der Waals surface area (Å²) in [5.41, 5.74) is 3.22. The molecule has 1 aliphatic carbocycles. The van der Waals surface area contributed by atoms with Gasteiger partial charge in [-0.3, -0.25) is 0 Å². The molecule has 0 amide bonds. The van der Waals surface area contributed by atoms with E-state index < -0.39 is 0 Å². The summed E-state index contributed by atoms with van der Waals surface area (Å²) in [6, 6.07) is 14.8. The molecule has 2 aliphatic heterocycles. The van der Waals surface area contributed by atoms with Crippen LogP contribution in [0.3, 0.4) is 0 Å². The first-order valence-electron chi connectivity index (χ1n) is 15.8. The highest BCUT2D eigenvalue weighted by atomic mass is 16.6. The van der Waals surface area contributed by atoms with Gasteiger partial charge in [0.1, 0.15) is 18.1 Å². The van der Waals surface area contributed by atoms with Crippen LogP contribution in [0.4, 0.5) is 5.69 Å². The van der Waals surface area contributed by atoms with Gasteiger partial charge in [0.15, 0.2) is 0 Å². The number of nitrogens with one attached hydrogen (secondary N) is 1. The van der Waals surface area contributed by atoms with E-state index in [1.165, 1.54) is 18.4 Å².